The smallest absolute Gasteiger partial charge is 0.119 e. The van der Waals surface area contributed by atoms with Crippen LogP contribution in [0.5, 0.6) is 11.5 Å². The molecule has 0 aliphatic rings. The zero-order valence-electron chi connectivity index (χ0n) is 12.2. The van der Waals surface area contributed by atoms with Crippen LogP contribution in [-0.4, -0.2) is 39.5 Å². The van der Waals surface area contributed by atoms with E-state index in [9.17, 15) is 0 Å². The maximum Gasteiger partial charge on any atom is 0.119 e. The highest BCUT2D eigenvalue weighted by atomic mass is 16.5. The molecule has 19 heavy (non-hydrogen) atoms. The van der Waals surface area contributed by atoms with Crippen LogP contribution >= 0.6 is 0 Å². The first-order valence-electron chi connectivity index (χ1n) is 6.94. The molecule has 108 valence electrons. The molecule has 0 bridgehead atoms. The van der Waals surface area contributed by atoms with Gasteiger partial charge in [0.25, 0.3) is 0 Å². The fourth-order valence-corrected chi connectivity index (χ4v) is 1.60. The summed E-state index contributed by atoms with van der Waals surface area (Å²) in [6, 6.07) is 8.25. The van der Waals surface area contributed by atoms with Crippen LogP contribution in [0.15, 0.2) is 24.3 Å². The minimum Gasteiger partial charge on any atom is -0.497 e. The molecular weight excluding hydrogens is 242 g/mol. The summed E-state index contributed by atoms with van der Waals surface area (Å²) in [6.07, 6.45) is 1.20. The predicted molar refractivity (Wildman–Crippen MR) is 75.9 cm³/mol. The lowest BCUT2D eigenvalue weighted by Crippen LogP contribution is -2.90. The summed E-state index contributed by atoms with van der Waals surface area (Å²) in [7, 11) is 1.65. The molecule has 0 fully saturated rings. The third-order valence-electron chi connectivity index (χ3n) is 3.03. The molecule has 0 aromatic heterocycles. The molecule has 1 atom stereocenters. The number of hydrogen-bond acceptors (Lipinski definition) is 3. The molecule has 2 N–H and O–H groups in total. The molecule has 4 nitrogen and oxygen atoms in total. The monoisotopic (exact) mass is 268 g/mol. The third-order valence-corrected chi connectivity index (χ3v) is 3.03. The lowest BCUT2D eigenvalue weighted by molar-refractivity contribution is -0.687. The van der Waals surface area contributed by atoms with Gasteiger partial charge in [0.15, 0.2) is 0 Å². The van der Waals surface area contributed by atoms with Gasteiger partial charge < -0.3 is 19.5 Å². The molecule has 1 rings (SSSR count). The predicted octanol–water partition coefficient (Wildman–Crippen LogP) is 1.45. The van der Waals surface area contributed by atoms with Gasteiger partial charge >= 0.3 is 0 Å². The molecule has 0 aliphatic heterocycles. The molecule has 1 aromatic carbocycles. The van der Waals surface area contributed by atoms with Crippen molar-refractivity contribution in [1.29, 1.82) is 0 Å². The number of nitrogens with two attached hydrogens (primary N) is 1. The average molecular weight is 268 g/mol. The van der Waals surface area contributed by atoms with Crippen molar-refractivity contribution >= 4 is 0 Å². The molecule has 0 amide bonds. The van der Waals surface area contributed by atoms with Crippen molar-refractivity contribution in [3.05, 3.63) is 24.3 Å². The fraction of sp³-hybridized carbons (Fsp3) is 0.600. The van der Waals surface area contributed by atoms with Crippen molar-refractivity contribution < 1.29 is 19.5 Å². The van der Waals surface area contributed by atoms with Crippen molar-refractivity contribution in [2.75, 3.05) is 33.5 Å². The zero-order chi connectivity index (χ0) is 13.9. The minimum atomic E-state index is 0.579. The summed E-state index contributed by atoms with van der Waals surface area (Å²) in [5.74, 6) is 1.68. The summed E-state index contributed by atoms with van der Waals surface area (Å²) >= 11 is 0. The van der Waals surface area contributed by atoms with Crippen LogP contribution in [-0.2, 0) is 4.74 Å². The number of methoxy groups -OCH3 is 1. The Balaban J connectivity index is 2.01. The summed E-state index contributed by atoms with van der Waals surface area (Å²) < 4.78 is 16.2. The van der Waals surface area contributed by atoms with E-state index in [2.05, 4.69) is 19.2 Å². The Morgan fingerprint density at radius 2 is 1.74 bits per heavy atom. The fourth-order valence-electron chi connectivity index (χ4n) is 1.60. The van der Waals surface area contributed by atoms with Gasteiger partial charge in [-0.2, -0.15) is 0 Å². The second-order valence-corrected chi connectivity index (χ2v) is 4.55. The van der Waals surface area contributed by atoms with Crippen molar-refractivity contribution in [3.8, 4) is 11.5 Å². The molecule has 4 heteroatoms. The van der Waals surface area contributed by atoms with Crippen LogP contribution in [0.2, 0.25) is 0 Å². The van der Waals surface area contributed by atoms with Crippen LogP contribution in [0.1, 0.15) is 20.3 Å². The van der Waals surface area contributed by atoms with Crippen molar-refractivity contribution in [2.24, 2.45) is 0 Å². The lowest BCUT2D eigenvalue weighted by atomic mass is 10.3. The van der Waals surface area contributed by atoms with Gasteiger partial charge in [0.2, 0.25) is 0 Å². The van der Waals surface area contributed by atoms with E-state index >= 15 is 0 Å². The Bertz CT molecular complexity index is 327. The van der Waals surface area contributed by atoms with E-state index in [1.165, 1.54) is 6.42 Å². The van der Waals surface area contributed by atoms with E-state index in [1.807, 2.05) is 24.3 Å². The molecule has 0 spiro atoms. The molecule has 0 saturated carbocycles. The summed E-state index contributed by atoms with van der Waals surface area (Å²) in [5, 5.41) is 2.31. The molecule has 0 aliphatic carbocycles. The van der Waals surface area contributed by atoms with E-state index in [0.717, 1.165) is 24.7 Å². The quantitative estimate of drug-likeness (QED) is 0.653. The van der Waals surface area contributed by atoms with Gasteiger partial charge in [-0.1, -0.05) is 6.92 Å². The molecule has 0 saturated heterocycles. The molecule has 0 heterocycles. The van der Waals surface area contributed by atoms with Gasteiger partial charge in [-0.25, -0.2) is 0 Å². The largest absolute Gasteiger partial charge is 0.497 e. The van der Waals surface area contributed by atoms with E-state index in [-0.39, 0.29) is 0 Å². The van der Waals surface area contributed by atoms with Crippen molar-refractivity contribution in [2.45, 2.75) is 26.3 Å². The second-order valence-electron chi connectivity index (χ2n) is 4.55. The highest BCUT2D eigenvalue weighted by Crippen LogP contribution is 2.16. The third kappa shape index (κ3) is 7.03. The van der Waals surface area contributed by atoms with Gasteiger partial charge in [-0.15, -0.1) is 0 Å². The number of benzene rings is 1. The van der Waals surface area contributed by atoms with Gasteiger partial charge in [0.1, 0.15) is 18.1 Å². The van der Waals surface area contributed by atoms with Crippen LogP contribution in [0, 0.1) is 0 Å². The van der Waals surface area contributed by atoms with Crippen LogP contribution in [0.3, 0.4) is 0 Å². The van der Waals surface area contributed by atoms with Crippen LogP contribution in [0.4, 0.5) is 0 Å². The standard InChI is InChI=1S/C15H25NO3/c1-4-13(2)16-9-10-18-11-12-19-15-7-5-14(17-3)6-8-15/h5-8,13,16H,4,9-12H2,1-3H3/p+1/t13-/m1/s1. The minimum absolute atomic E-state index is 0.579. The number of hydrogen-bond donors (Lipinski definition) is 1. The lowest BCUT2D eigenvalue weighted by Gasteiger charge is -2.09. The summed E-state index contributed by atoms with van der Waals surface area (Å²) in [4.78, 5) is 0. The number of ether oxygens (including phenoxy) is 3. The Labute approximate surface area is 116 Å². The highest BCUT2D eigenvalue weighted by Gasteiger charge is 2.00. The normalized spacial score (nSPS) is 12.2. The number of quaternary nitrogens is 1. The molecule has 0 unspecified atom stereocenters. The first kappa shape index (κ1) is 15.8. The van der Waals surface area contributed by atoms with E-state index in [1.54, 1.807) is 7.11 Å². The van der Waals surface area contributed by atoms with Gasteiger partial charge in [-0.3, -0.25) is 0 Å². The summed E-state index contributed by atoms with van der Waals surface area (Å²) in [6.45, 7) is 7.42. The van der Waals surface area contributed by atoms with Crippen LogP contribution < -0.4 is 14.8 Å². The maximum atomic E-state index is 5.56. The maximum absolute atomic E-state index is 5.56. The molecule has 0 radical (unpaired) electrons. The van der Waals surface area contributed by atoms with Gasteiger partial charge in [0.05, 0.1) is 32.9 Å². The second kappa shape index (κ2) is 9.64. The van der Waals surface area contributed by atoms with Gasteiger partial charge in [-0.05, 0) is 37.6 Å². The van der Waals surface area contributed by atoms with E-state index in [0.29, 0.717) is 19.3 Å². The van der Waals surface area contributed by atoms with E-state index < -0.39 is 0 Å². The highest BCUT2D eigenvalue weighted by molar-refractivity contribution is 5.31. The van der Waals surface area contributed by atoms with Crippen molar-refractivity contribution in [3.63, 3.8) is 0 Å². The summed E-state index contributed by atoms with van der Waals surface area (Å²) in [5.41, 5.74) is 0. The Hall–Kier alpha value is -1.26. The Morgan fingerprint density at radius 1 is 1.05 bits per heavy atom. The van der Waals surface area contributed by atoms with Crippen LogP contribution in [0.25, 0.3) is 0 Å². The first-order valence-corrected chi connectivity index (χ1v) is 6.94. The Morgan fingerprint density at radius 3 is 2.37 bits per heavy atom. The number of rotatable bonds is 10. The molecule has 1 aromatic rings. The van der Waals surface area contributed by atoms with Gasteiger partial charge in [0, 0.05) is 0 Å². The van der Waals surface area contributed by atoms with Crippen molar-refractivity contribution in [1.82, 2.24) is 0 Å². The Kier molecular flexibility index (Phi) is 8.02. The SMILES string of the molecule is CC[C@@H](C)[NH2+]CCOCCOc1ccc(OC)cc1. The average Bonchev–Trinajstić information content (AvgIpc) is 2.46. The topological polar surface area (TPSA) is 44.3 Å². The first-order chi connectivity index (χ1) is 9.26. The van der Waals surface area contributed by atoms with E-state index in [4.69, 9.17) is 14.2 Å². The zero-order valence-corrected chi connectivity index (χ0v) is 12.2. The molecular formula is C15H26NO3+.